The van der Waals surface area contributed by atoms with E-state index < -0.39 is 0 Å². The molecule has 18 heavy (non-hydrogen) atoms. The Labute approximate surface area is 109 Å². The summed E-state index contributed by atoms with van der Waals surface area (Å²) in [5, 5.41) is 0. The molecule has 1 aromatic rings. The van der Waals surface area contributed by atoms with Gasteiger partial charge in [0.1, 0.15) is 5.82 Å². The third kappa shape index (κ3) is 2.66. The second-order valence-corrected chi connectivity index (χ2v) is 5.06. The number of hydrogen-bond donors (Lipinski definition) is 1. The van der Waals surface area contributed by atoms with Crippen molar-refractivity contribution in [2.75, 3.05) is 11.4 Å². The van der Waals surface area contributed by atoms with Gasteiger partial charge in [0.15, 0.2) is 0 Å². The molecule has 1 aliphatic rings. The largest absolute Gasteiger partial charge is 0.366 e. The van der Waals surface area contributed by atoms with E-state index in [0.29, 0.717) is 12.6 Å². The summed E-state index contributed by atoms with van der Waals surface area (Å²) >= 11 is 0. The summed E-state index contributed by atoms with van der Waals surface area (Å²) in [7, 11) is 0. The average Bonchev–Trinajstić information content (AvgIpc) is 2.63. The highest BCUT2D eigenvalue weighted by atomic mass is 19.1. The monoisotopic (exact) mass is 250 g/mol. The minimum absolute atomic E-state index is 0.127. The van der Waals surface area contributed by atoms with Crippen LogP contribution in [-0.4, -0.2) is 12.6 Å². The SMILES string of the molecule is CCC1CCCCCN1c1c(F)cccc1CN. The normalized spacial score (nSPS) is 20.8. The lowest BCUT2D eigenvalue weighted by molar-refractivity contribution is 0.538. The summed E-state index contributed by atoms with van der Waals surface area (Å²) in [6.07, 6.45) is 5.88. The molecule has 100 valence electrons. The van der Waals surface area contributed by atoms with Crippen molar-refractivity contribution in [2.24, 2.45) is 5.73 Å². The molecule has 0 radical (unpaired) electrons. The molecule has 1 saturated heterocycles. The van der Waals surface area contributed by atoms with Gasteiger partial charge in [0.25, 0.3) is 0 Å². The van der Waals surface area contributed by atoms with Gasteiger partial charge in [0.05, 0.1) is 5.69 Å². The van der Waals surface area contributed by atoms with Crippen LogP contribution in [-0.2, 0) is 6.54 Å². The maximum absolute atomic E-state index is 14.2. The predicted octanol–water partition coefficient (Wildman–Crippen LogP) is 3.44. The standard InChI is InChI=1S/C15H23FN2/c1-2-13-8-4-3-5-10-18(13)15-12(11-17)7-6-9-14(15)16/h6-7,9,13H,2-5,8,10-11,17H2,1H3. The van der Waals surface area contributed by atoms with E-state index in [0.717, 1.165) is 37.1 Å². The van der Waals surface area contributed by atoms with Gasteiger partial charge in [-0.15, -0.1) is 0 Å². The van der Waals surface area contributed by atoms with Gasteiger partial charge in [-0.3, -0.25) is 0 Å². The van der Waals surface area contributed by atoms with Crippen LogP contribution in [0.4, 0.5) is 10.1 Å². The van der Waals surface area contributed by atoms with Gasteiger partial charge in [-0.2, -0.15) is 0 Å². The van der Waals surface area contributed by atoms with Crippen LogP contribution < -0.4 is 10.6 Å². The zero-order chi connectivity index (χ0) is 13.0. The quantitative estimate of drug-likeness (QED) is 0.890. The summed E-state index contributed by atoms with van der Waals surface area (Å²) in [4.78, 5) is 2.25. The molecule has 3 heteroatoms. The van der Waals surface area contributed by atoms with Crippen LogP contribution in [0, 0.1) is 5.82 Å². The Kier molecular flexibility index (Phi) is 4.59. The van der Waals surface area contributed by atoms with Crippen LogP contribution >= 0.6 is 0 Å². The lowest BCUT2D eigenvalue weighted by atomic mass is 10.0. The van der Waals surface area contributed by atoms with Gasteiger partial charge in [-0.25, -0.2) is 4.39 Å². The van der Waals surface area contributed by atoms with Crippen molar-refractivity contribution in [1.82, 2.24) is 0 Å². The minimum atomic E-state index is -0.127. The zero-order valence-corrected chi connectivity index (χ0v) is 11.2. The Hall–Kier alpha value is -1.09. The molecule has 0 saturated carbocycles. The molecule has 1 heterocycles. The molecule has 0 aliphatic carbocycles. The molecular weight excluding hydrogens is 227 g/mol. The first-order valence-electron chi connectivity index (χ1n) is 7.02. The van der Waals surface area contributed by atoms with Crippen molar-refractivity contribution in [3.8, 4) is 0 Å². The van der Waals surface area contributed by atoms with Gasteiger partial charge in [-0.05, 0) is 30.9 Å². The molecule has 1 fully saturated rings. The van der Waals surface area contributed by atoms with E-state index in [9.17, 15) is 4.39 Å². The fourth-order valence-electron chi connectivity index (χ4n) is 2.94. The Morgan fingerprint density at radius 3 is 2.89 bits per heavy atom. The van der Waals surface area contributed by atoms with Crippen molar-refractivity contribution in [1.29, 1.82) is 0 Å². The number of halogens is 1. The second-order valence-electron chi connectivity index (χ2n) is 5.06. The highest BCUT2D eigenvalue weighted by Crippen LogP contribution is 2.31. The van der Waals surface area contributed by atoms with Crippen molar-refractivity contribution >= 4 is 5.69 Å². The first-order chi connectivity index (χ1) is 8.77. The number of nitrogens with two attached hydrogens (primary N) is 1. The van der Waals surface area contributed by atoms with Gasteiger partial charge < -0.3 is 10.6 Å². The molecule has 0 aromatic heterocycles. The summed E-state index contributed by atoms with van der Waals surface area (Å²) in [5.41, 5.74) is 7.43. The number of nitrogens with zero attached hydrogens (tertiary/aromatic N) is 1. The fraction of sp³-hybridized carbons (Fsp3) is 0.600. The summed E-state index contributed by atoms with van der Waals surface area (Å²) < 4.78 is 14.2. The first-order valence-corrected chi connectivity index (χ1v) is 7.02. The molecule has 0 amide bonds. The topological polar surface area (TPSA) is 29.3 Å². The van der Waals surface area contributed by atoms with Crippen LogP contribution in [0.2, 0.25) is 0 Å². The zero-order valence-electron chi connectivity index (χ0n) is 11.2. The van der Waals surface area contributed by atoms with E-state index in [4.69, 9.17) is 5.73 Å². The number of anilines is 1. The van der Waals surface area contributed by atoms with Crippen LogP contribution in [0.3, 0.4) is 0 Å². The summed E-state index contributed by atoms with van der Waals surface area (Å²) in [5.74, 6) is -0.127. The molecule has 1 unspecified atom stereocenters. The van der Waals surface area contributed by atoms with Gasteiger partial charge in [-0.1, -0.05) is 31.9 Å². The molecule has 0 spiro atoms. The van der Waals surface area contributed by atoms with Crippen molar-refractivity contribution in [3.05, 3.63) is 29.6 Å². The molecule has 1 atom stereocenters. The van der Waals surface area contributed by atoms with E-state index >= 15 is 0 Å². The van der Waals surface area contributed by atoms with E-state index in [2.05, 4.69) is 11.8 Å². The number of rotatable bonds is 3. The minimum Gasteiger partial charge on any atom is -0.366 e. The van der Waals surface area contributed by atoms with E-state index in [1.807, 2.05) is 6.07 Å². The number of para-hydroxylation sites is 1. The number of benzene rings is 1. The maximum Gasteiger partial charge on any atom is 0.146 e. The Morgan fingerprint density at radius 1 is 1.33 bits per heavy atom. The van der Waals surface area contributed by atoms with Crippen molar-refractivity contribution < 1.29 is 4.39 Å². The molecular formula is C15H23FN2. The third-order valence-corrected chi connectivity index (χ3v) is 3.93. The molecule has 1 aromatic carbocycles. The third-order valence-electron chi connectivity index (χ3n) is 3.93. The predicted molar refractivity (Wildman–Crippen MR) is 74.2 cm³/mol. The Bertz CT molecular complexity index is 392. The smallest absolute Gasteiger partial charge is 0.146 e. The van der Waals surface area contributed by atoms with Gasteiger partial charge in [0.2, 0.25) is 0 Å². The fourth-order valence-corrected chi connectivity index (χ4v) is 2.94. The molecule has 1 aliphatic heterocycles. The van der Waals surface area contributed by atoms with Crippen molar-refractivity contribution in [2.45, 2.75) is 51.6 Å². The maximum atomic E-state index is 14.2. The van der Waals surface area contributed by atoms with Crippen LogP contribution in [0.5, 0.6) is 0 Å². The average molecular weight is 250 g/mol. The highest BCUT2D eigenvalue weighted by Gasteiger charge is 2.23. The van der Waals surface area contributed by atoms with E-state index in [1.165, 1.54) is 12.8 Å². The van der Waals surface area contributed by atoms with Crippen LogP contribution in [0.1, 0.15) is 44.6 Å². The molecule has 0 bridgehead atoms. The van der Waals surface area contributed by atoms with Gasteiger partial charge >= 0.3 is 0 Å². The van der Waals surface area contributed by atoms with Crippen LogP contribution in [0.25, 0.3) is 0 Å². The lowest BCUT2D eigenvalue weighted by Gasteiger charge is -2.33. The van der Waals surface area contributed by atoms with Crippen LogP contribution in [0.15, 0.2) is 18.2 Å². The highest BCUT2D eigenvalue weighted by molar-refractivity contribution is 5.55. The summed E-state index contributed by atoms with van der Waals surface area (Å²) in [6.45, 7) is 3.54. The first kappa shape index (κ1) is 13.3. The van der Waals surface area contributed by atoms with E-state index in [1.54, 1.807) is 12.1 Å². The Balaban J connectivity index is 2.37. The number of hydrogen-bond acceptors (Lipinski definition) is 2. The summed E-state index contributed by atoms with van der Waals surface area (Å²) in [6, 6.07) is 5.69. The van der Waals surface area contributed by atoms with Crippen molar-refractivity contribution in [3.63, 3.8) is 0 Å². The Morgan fingerprint density at radius 2 is 2.17 bits per heavy atom. The van der Waals surface area contributed by atoms with Gasteiger partial charge in [0, 0.05) is 19.1 Å². The molecule has 2 N–H and O–H groups in total. The second kappa shape index (κ2) is 6.19. The molecule has 2 nitrogen and oxygen atoms in total. The van der Waals surface area contributed by atoms with E-state index in [-0.39, 0.29) is 5.82 Å². The molecule has 2 rings (SSSR count). The lowest BCUT2D eigenvalue weighted by Crippen LogP contribution is -2.36.